The lowest BCUT2D eigenvalue weighted by molar-refractivity contribution is -0.140. The molecule has 196 valence electrons. The van der Waals surface area contributed by atoms with Crippen LogP contribution in [0.4, 0.5) is 10.5 Å². The number of carbonyl (C=O) groups excluding carboxylic acids is 3. The fourth-order valence-electron chi connectivity index (χ4n) is 3.70. The fraction of sp³-hybridized carbons (Fsp3) is 0.444. The van der Waals surface area contributed by atoms with Gasteiger partial charge in [-0.05, 0) is 57.7 Å². The van der Waals surface area contributed by atoms with E-state index in [4.69, 9.17) is 16.3 Å². The Balaban J connectivity index is 2.48. The molecule has 0 bridgehead atoms. The highest BCUT2D eigenvalue weighted by molar-refractivity contribution is 6.34. The van der Waals surface area contributed by atoms with Crippen molar-refractivity contribution in [2.24, 2.45) is 5.92 Å². The van der Waals surface area contributed by atoms with Crippen LogP contribution in [-0.2, 0) is 14.3 Å². The van der Waals surface area contributed by atoms with E-state index in [0.717, 1.165) is 5.56 Å². The van der Waals surface area contributed by atoms with Crippen LogP contribution in [0.1, 0.15) is 57.4 Å². The van der Waals surface area contributed by atoms with Crippen molar-refractivity contribution in [3.8, 4) is 5.75 Å². The Kier molecular flexibility index (Phi) is 9.38. The highest BCUT2D eigenvalue weighted by atomic mass is 35.5. The van der Waals surface area contributed by atoms with Crippen molar-refractivity contribution in [2.45, 2.75) is 66.2 Å². The second-order valence-electron chi connectivity index (χ2n) is 10.2. The topological polar surface area (TPSA) is 108 Å². The number of aromatic hydroxyl groups is 1. The summed E-state index contributed by atoms with van der Waals surface area (Å²) in [5.41, 5.74) is 1.20. The number of phenols is 1. The summed E-state index contributed by atoms with van der Waals surface area (Å²) in [5, 5.41) is 16.6. The van der Waals surface area contributed by atoms with Gasteiger partial charge in [0.1, 0.15) is 23.4 Å². The summed E-state index contributed by atoms with van der Waals surface area (Å²) in [5.74, 6) is -1.50. The molecular formula is C27H36ClN3O5. The molecule has 36 heavy (non-hydrogen) atoms. The average Bonchev–Trinajstić information content (AvgIpc) is 2.76. The van der Waals surface area contributed by atoms with Gasteiger partial charge >= 0.3 is 6.09 Å². The van der Waals surface area contributed by atoms with Crippen LogP contribution in [0, 0.1) is 19.8 Å². The molecule has 0 saturated heterocycles. The van der Waals surface area contributed by atoms with Gasteiger partial charge in [0, 0.05) is 12.6 Å². The van der Waals surface area contributed by atoms with E-state index in [0.29, 0.717) is 16.3 Å². The van der Waals surface area contributed by atoms with E-state index < -0.39 is 35.6 Å². The molecule has 0 aliphatic heterocycles. The molecular weight excluding hydrogens is 482 g/mol. The maximum Gasteiger partial charge on any atom is 0.408 e. The third-order valence-electron chi connectivity index (χ3n) is 5.62. The Morgan fingerprint density at radius 3 is 2.17 bits per heavy atom. The predicted molar refractivity (Wildman–Crippen MR) is 141 cm³/mol. The number of benzene rings is 2. The standard InChI is InChI=1S/C27H36ClN3O5/c1-15(2)20(30-26(35)36-27(5,6)7)25(34)31(8)22(18-13-9-12-17(4)23(18)32)24(33)29-21-16(3)11-10-14-19(21)28/h9-15,20,22,32H,1-8H3,(H,29,33)(H,30,35). The zero-order valence-corrected chi connectivity index (χ0v) is 22.9. The van der Waals surface area contributed by atoms with Crippen molar-refractivity contribution < 1.29 is 24.2 Å². The second kappa shape index (κ2) is 11.6. The van der Waals surface area contributed by atoms with E-state index >= 15 is 0 Å². The third kappa shape index (κ3) is 7.13. The first-order chi connectivity index (χ1) is 16.6. The molecule has 2 rings (SSSR count). The van der Waals surface area contributed by atoms with Crippen LogP contribution in [0.5, 0.6) is 5.75 Å². The number of amides is 3. The maximum absolute atomic E-state index is 13.7. The fourth-order valence-corrected chi connectivity index (χ4v) is 3.97. The largest absolute Gasteiger partial charge is 0.507 e. The SMILES string of the molecule is Cc1cccc(C(C(=O)Nc2c(C)cccc2Cl)N(C)C(=O)C(NC(=O)OC(C)(C)C)C(C)C)c1O. The molecule has 2 atom stereocenters. The molecule has 0 aromatic heterocycles. The molecule has 2 unspecified atom stereocenters. The number of hydrogen-bond acceptors (Lipinski definition) is 5. The smallest absolute Gasteiger partial charge is 0.408 e. The van der Waals surface area contributed by atoms with Gasteiger partial charge in [0.05, 0.1) is 10.7 Å². The van der Waals surface area contributed by atoms with Gasteiger partial charge in [-0.2, -0.15) is 0 Å². The number of rotatable bonds is 7. The highest BCUT2D eigenvalue weighted by Crippen LogP contribution is 2.34. The van der Waals surface area contributed by atoms with Crippen molar-refractivity contribution in [3.05, 3.63) is 58.1 Å². The molecule has 2 aromatic rings. The van der Waals surface area contributed by atoms with Crippen molar-refractivity contribution in [1.82, 2.24) is 10.2 Å². The van der Waals surface area contributed by atoms with Gasteiger partial charge in [0.25, 0.3) is 5.91 Å². The zero-order valence-electron chi connectivity index (χ0n) is 22.1. The van der Waals surface area contributed by atoms with Crippen LogP contribution in [-0.4, -0.2) is 46.6 Å². The Bertz CT molecular complexity index is 1110. The number of anilines is 1. The number of nitrogens with one attached hydrogen (secondary N) is 2. The van der Waals surface area contributed by atoms with Gasteiger partial charge < -0.3 is 25.4 Å². The van der Waals surface area contributed by atoms with Crippen molar-refractivity contribution in [1.29, 1.82) is 0 Å². The number of para-hydroxylation sites is 2. The zero-order chi connectivity index (χ0) is 27.4. The molecule has 3 amide bonds. The van der Waals surface area contributed by atoms with Crippen molar-refractivity contribution in [2.75, 3.05) is 12.4 Å². The monoisotopic (exact) mass is 517 g/mol. The summed E-state index contributed by atoms with van der Waals surface area (Å²) >= 11 is 6.32. The predicted octanol–water partition coefficient (Wildman–Crippen LogP) is 5.35. The summed E-state index contributed by atoms with van der Waals surface area (Å²) in [6, 6.07) is 8.01. The molecule has 9 heteroatoms. The van der Waals surface area contributed by atoms with E-state index in [1.807, 2.05) is 0 Å². The van der Waals surface area contributed by atoms with Crippen LogP contribution in [0.25, 0.3) is 0 Å². The number of aryl methyl sites for hydroxylation is 2. The van der Waals surface area contributed by atoms with Gasteiger partial charge in [-0.1, -0.05) is 55.8 Å². The van der Waals surface area contributed by atoms with Crippen molar-refractivity contribution >= 4 is 35.2 Å². The Morgan fingerprint density at radius 2 is 1.61 bits per heavy atom. The molecule has 0 spiro atoms. The molecule has 0 aliphatic carbocycles. The van der Waals surface area contributed by atoms with Gasteiger partial charge in [-0.3, -0.25) is 9.59 Å². The van der Waals surface area contributed by atoms with Gasteiger partial charge in [0.2, 0.25) is 5.91 Å². The normalized spacial score (nSPS) is 13.1. The average molecular weight is 518 g/mol. The molecule has 0 heterocycles. The molecule has 0 fully saturated rings. The minimum atomic E-state index is -1.21. The van der Waals surface area contributed by atoms with Crippen LogP contribution in [0.3, 0.4) is 0 Å². The van der Waals surface area contributed by atoms with E-state index in [1.165, 1.54) is 11.9 Å². The summed E-state index contributed by atoms with van der Waals surface area (Å²) in [6.45, 7) is 12.2. The lowest BCUT2D eigenvalue weighted by Gasteiger charge is -2.33. The van der Waals surface area contributed by atoms with Gasteiger partial charge in [-0.25, -0.2) is 4.79 Å². The van der Waals surface area contributed by atoms with E-state index in [1.54, 1.807) is 84.9 Å². The Morgan fingerprint density at radius 1 is 1.03 bits per heavy atom. The number of halogens is 1. The Labute approximate surface area is 218 Å². The van der Waals surface area contributed by atoms with E-state index in [9.17, 15) is 19.5 Å². The number of hydrogen-bond donors (Lipinski definition) is 3. The number of likely N-dealkylation sites (N-methyl/N-ethyl adjacent to an activating group) is 1. The minimum Gasteiger partial charge on any atom is -0.507 e. The number of alkyl carbamates (subject to hydrolysis) is 1. The first kappa shape index (κ1) is 29.0. The first-order valence-corrected chi connectivity index (χ1v) is 12.1. The quantitative estimate of drug-likeness (QED) is 0.459. The molecule has 0 radical (unpaired) electrons. The molecule has 8 nitrogen and oxygen atoms in total. The molecule has 0 saturated carbocycles. The lowest BCUT2D eigenvalue weighted by atomic mass is 9.97. The van der Waals surface area contributed by atoms with Crippen LogP contribution in [0.2, 0.25) is 5.02 Å². The summed E-state index contributed by atoms with van der Waals surface area (Å²) < 4.78 is 5.33. The lowest BCUT2D eigenvalue weighted by Crippen LogP contribution is -2.53. The molecule has 2 aromatic carbocycles. The van der Waals surface area contributed by atoms with E-state index in [-0.39, 0.29) is 17.2 Å². The van der Waals surface area contributed by atoms with Crippen LogP contribution in [0.15, 0.2) is 36.4 Å². The van der Waals surface area contributed by atoms with Crippen LogP contribution < -0.4 is 10.6 Å². The van der Waals surface area contributed by atoms with Crippen LogP contribution >= 0.6 is 11.6 Å². The second-order valence-corrected chi connectivity index (χ2v) is 10.6. The number of nitrogens with zero attached hydrogens (tertiary/aromatic N) is 1. The number of ether oxygens (including phenoxy) is 1. The van der Waals surface area contributed by atoms with Gasteiger partial charge in [-0.15, -0.1) is 0 Å². The van der Waals surface area contributed by atoms with E-state index in [2.05, 4.69) is 10.6 Å². The third-order valence-corrected chi connectivity index (χ3v) is 5.94. The summed E-state index contributed by atoms with van der Waals surface area (Å²) in [6.07, 6.45) is -0.742. The summed E-state index contributed by atoms with van der Waals surface area (Å²) in [7, 11) is 1.46. The number of phenolic OH excluding ortho intramolecular Hbond substituents is 1. The maximum atomic E-state index is 13.7. The Hall–Kier alpha value is -3.26. The number of carbonyl (C=O) groups is 3. The molecule has 0 aliphatic rings. The first-order valence-electron chi connectivity index (χ1n) is 11.7. The molecule has 3 N–H and O–H groups in total. The summed E-state index contributed by atoms with van der Waals surface area (Å²) in [4.78, 5) is 41.0. The van der Waals surface area contributed by atoms with Crippen molar-refractivity contribution in [3.63, 3.8) is 0 Å². The highest BCUT2D eigenvalue weighted by Gasteiger charge is 2.37. The van der Waals surface area contributed by atoms with Gasteiger partial charge in [0.15, 0.2) is 0 Å². The minimum absolute atomic E-state index is 0.102.